The van der Waals surface area contributed by atoms with Gasteiger partial charge in [0.1, 0.15) is 6.04 Å². The van der Waals surface area contributed by atoms with Gasteiger partial charge in [-0.15, -0.1) is 0 Å². The Bertz CT molecular complexity index is 1060. The summed E-state index contributed by atoms with van der Waals surface area (Å²) < 4.78 is 0. The SMILES string of the molecule is Cc1ccc(C(=O)N2CC(N(CCc3ccccc3)C(=O)C(C)C)CC2C(=O)N2CCCNCC2)cc1. The highest BCUT2D eigenvalue weighted by atomic mass is 16.2. The van der Waals surface area contributed by atoms with E-state index in [1.807, 2.05) is 73.0 Å². The van der Waals surface area contributed by atoms with Crippen LogP contribution in [0.15, 0.2) is 54.6 Å². The largest absolute Gasteiger partial charge is 0.340 e. The monoisotopic (exact) mass is 504 g/mol. The van der Waals surface area contributed by atoms with Gasteiger partial charge in [0.25, 0.3) is 5.91 Å². The molecule has 3 amide bonds. The van der Waals surface area contributed by atoms with Gasteiger partial charge in [0.15, 0.2) is 0 Å². The van der Waals surface area contributed by atoms with Gasteiger partial charge in [0, 0.05) is 44.2 Å². The molecule has 37 heavy (non-hydrogen) atoms. The van der Waals surface area contributed by atoms with Gasteiger partial charge in [-0.1, -0.05) is 61.9 Å². The van der Waals surface area contributed by atoms with Gasteiger partial charge in [-0.05, 0) is 50.4 Å². The van der Waals surface area contributed by atoms with Crippen molar-refractivity contribution in [3.63, 3.8) is 0 Å². The van der Waals surface area contributed by atoms with Crippen LogP contribution in [0.1, 0.15) is 48.2 Å². The van der Waals surface area contributed by atoms with Crippen molar-refractivity contribution in [2.24, 2.45) is 5.92 Å². The first-order valence-electron chi connectivity index (χ1n) is 13.6. The molecule has 1 N–H and O–H groups in total. The van der Waals surface area contributed by atoms with E-state index >= 15 is 0 Å². The van der Waals surface area contributed by atoms with Crippen LogP contribution in [0.2, 0.25) is 0 Å². The molecule has 2 aliphatic rings. The molecule has 2 heterocycles. The van der Waals surface area contributed by atoms with Crippen LogP contribution in [0.5, 0.6) is 0 Å². The topological polar surface area (TPSA) is 73.0 Å². The number of amides is 3. The Labute approximate surface area is 220 Å². The predicted octanol–water partition coefficient (Wildman–Crippen LogP) is 3.13. The Balaban J connectivity index is 1.60. The van der Waals surface area contributed by atoms with Gasteiger partial charge in [-0.2, -0.15) is 0 Å². The van der Waals surface area contributed by atoms with Crippen LogP contribution in [0.3, 0.4) is 0 Å². The number of rotatable bonds is 7. The quantitative estimate of drug-likeness (QED) is 0.629. The van der Waals surface area contributed by atoms with E-state index in [0.29, 0.717) is 38.2 Å². The number of carbonyl (C=O) groups excluding carboxylic acids is 3. The van der Waals surface area contributed by atoms with Crippen molar-refractivity contribution >= 4 is 17.7 Å². The Kier molecular flexibility index (Phi) is 8.98. The summed E-state index contributed by atoms with van der Waals surface area (Å²) in [6.45, 7) is 9.69. The lowest BCUT2D eigenvalue weighted by molar-refractivity contribution is -0.137. The number of nitrogens with zero attached hydrogens (tertiary/aromatic N) is 3. The van der Waals surface area contributed by atoms with Crippen LogP contribution in [0, 0.1) is 12.8 Å². The maximum atomic E-state index is 13.8. The molecule has 0 spiro atoms. The van der Waals surface area contributed by atoms with Crippen LogP contribution in [-0.2, 0) is 16.0 Å². The lowest BCUT2D eigenvalue weighted by Gasteiger charge is -2.31. The molecule has 2 aliphatic heterocycles. The molecule has 198 valence electrons. The maximum absolute atomic E-state index is 13.8. The smallest absolute Gasteiger partial charge is 0.254 e. The van der Waals surface area contributed by atoms with Crippen molar-refractivity contribution < 1.29 is 14.4 Å². The average molecular weight is 505 g/mol. The highest BCUT2D eigenvalue weighted by Crippen LogP contribution is 2.28. The molecule has 0 radical (unpaired) electrons. The Morgan fingerprint density at radius 2 is 1.73 bits per heavy atom. The van der Waals surface area contributed by atoms with E-state index in [1.165, 1.54) is 5.56 Å². The van der Waals surface area contributed by atoms with Gasteiger partial charge < -0.3 is 20.0 Å². The molecule has 2 saturated heterocycles. The van der Waals surface area contributed by atoms with Crippen molar-refractivity contribution in [2.75, 3.05) is 39.3 Å². The van der Waals surface area contributed by atoms with Crippen molar-refractivity contribution in [2.45, 2.75) is 52.1 Å². The Morgan fingerprint density at radius 3 is 2.43 bits per heavy atom. The molecular formula is C30H40N4O3. The fraction of sp³-hybridized carbons (Fsp3) is 0.500. The molecule has 4 rings (SSSR count). The summed E-state index contributed by atoms with van der Waals surface area (Å²) >= 11 is 0. The molecule has 0 bridgehead atoms. The first kappa shape index (κ1) is 26.9. The number of hydrogen-bond acceptors (Lipinski definition) is 4. The minimum absolute atomic E-state index is 0.00772. The average Bonchev–Trinajstić information content (AvgIpc) is 3.15. The summed E-state index contributed by atoms with van der Waals surface area (Å²) in [5.74, 6) is -0.250. The molecule has 7 nitrogen and oxygen atoms in total. The predicted molar refractivity (Wildman–Crippen MR) is 145 cm³/mol. The second-order valence-corrected chi connectivity index (χ2v) is 10.6. The van der Waals surface area contributed by atoms with Gasteiger partial charge in [-0.3, -0.25) is 14.4 Å². The first-order valence-corrected chi connectivity index (χ1v) is 13.6. The number of hydrogen-bond donors (Lipinski definition) is 1. The summed E-state index contributed by atoms with van der Waals surface area (Å²) in [5, 5.41) is 3.35. The van der Waals surface area contributed by atoms with Crippen LogP contribution < -0.4 is 5.32 Å². The Hall–Kier alpha value is -3.19. The van der Waals surface area contributed by atoms with Crippen LogP contribution in [-0.4, -0.2) is 83.8 Å². The summed E-state index contributed by atoms with van der Waals surface area (Å²) in [4.78, 5) is 46.4. The van der Waals surface area contributed by atoms with E-state index in [4.69, 9.17) is 0 Å². The molecule has 2 atom stereocenters. The highest BCUT2D eigenvalue weighted by molar-refractivity contribution is 5.98. The summed E-state index contributed by atoms with van der Waals surface area (Å²) in [6, 6.07) is 16.9. The van der Waals surface area contributed by atoms with Crippen molar-refractivity contribution in [1.82, 2.24) is 20.0 Å². The number of nitrogens with one attached hydrogen (secondary N) is 1. The second-order valence-electron chi connectivity index (χ2n) is 10.6. The van der Waals surface area contributed by atoms with Gasteiger partial charge in [0.2, 0.25) is 11.8 Å². The molecule has 2 aromatic rings. The molecule has 2 aromatic carbocycles. The van der Waals surface area contributed by atoms with Crippen LogP contribution in [0.25, 0.3) is 0 Å². The van der Waals surface area contributed by atoms with Gasteiger partial charge in [-0.25, -0.2) is 0 Å². The first-order chi connectivity index (χ1) is 17.8. The molecular weight excluding hydrogens is 464 g/mol. The third kappa shape index (κ3) is 6.58. The van der Waals surface area contributed by atoms with Crippen molar-refractivity contribution in [1.29, 1.82) is 0 Å². The second kappa shape index (κ2) is 12.4. The number of carbonyl (C=O) groups is 3. The summed E-state index contributed by atoms with van der Waals surface area (Å²) in [5.41, 5.74) is 2.82. The maximum Gasteiger partial charge on any atom is 0.254 e. The van der Waals surface area contributed by atoms with Crippen LogP contribution in [0.4, 0.5) is 0 Å². The summed E-state index contributed by atoms with van der Waals surface area (Å²) in [6.07, 6.45) is 2.09. The lowest BCUT2D eigenvalue weighted by Crippen LogP contribution is -2.48. The molecule has 2 fully saturated rings. The zero-order chi connectivity index (χ0) is 26.4. The Morgan fingerprint density at radius 1 is 1.00 bits per heavy atom. The van der Waals surface area contributed by atoms with E-state index in [2.05, 4.69) is 17.4 Å². The molecule has 0 aliphatic carbocycles. The number of likely N-dealkylation sites (tertiary alicyclic amines) is 1. The van der Waals surface area contributed by atoms with Crippen LogP contribution >= 0.6 is 0 Å². The minimum atomic E-state index is -0.573. The fourth-order valence-electron chi connectivity index (χ4n) is 5.34. The zero-order valence-corrected chi connectivity index (χ0v) is 22.4. The minimum Gasteiger partial charge on any atom is -0.340 e. The van der Waals surface area contributed by atoms with Gasteiger partial charge >= 0.3 is 0 Å². The standard InChI is InChI=1S/C30H40N4O3/c1-22(2)28(35)33(18-14-24-8-5-4-6-9-24)26-20-27(30(37)32-17-7-15-31-16-19-32)34(21-26)29(36)25-12-10-23(3)11-13-25/h4-6,8-13,22,26-27,31H,7,14-21H2,1-3H3. The number of benzene rings is 2. The third-order valence-electron chi connectivity index (χ3n) is 7.48. The lowest BCUT2D eigenvalue weighted by atomic mass is 10.0. The fourth-order valence-corrected chi connectivity index (χ4v) is 5.34. The third-order valence-corrected chi connectivity index (χ3v) is 7.48. The van der Waals surface area contributed by atoms with Crippen molar-refractivity contribution in [3.05, 3.63) is 71.3 Å². The van der Waals surface area contributed by atoms with E-state index in [1.54, 1.807) is 4.90 Å². The van der Waals surface area contributed by atoms with E-state index in [0.717, 1.165) is 31.5 Å². The van der Waals surface area contributed by atoms with E-state index in [9.17, 15) is 14.4 Å². The molecule has 0 aromatic heterocycles. The normalized spacial score (nSPS) is 20.1. The molecule has 2 unspecified atom stereocenters. The van der Waals surface area contributed by atoms with Gasteiger partial charge in [0.05, 0.1) is 6.04 Å². The van der Waals surface area contributed by atoms with E-state index in [-0.39, 0.29) is 29.7 Å². The highest BCUT2D eigenvalue weighted by Gasteiger charge is 2.44. The van der Waals surface area contributed by atoms with Crippen molar-refractivity contribution in [3.8, 4) is 0 Å². The molecule has 7 heteroatoms. The number of aryl methyl sites for hydroxylation is 1. The van der Waals surface area contributed by atoms with E-state index < -0.39 is 6.04 Å². The zero-order valence-electron chi connectivity index (χ0n) is 22.4. The summed E-state index contributed by atoms with van der Waals surface area (Å²) in [7, 11) is 0. The molecule has 0 saturated carbocycles.